The van der Waals surface area contributed by atoms with E-state index in [0.29, 0.717) is 0 Å². The first-order valence-electron chi connectivity index (χ1n) is 4.39. The van der Waals surface area contributed by atoms with E-state index in [2.05, 4.69) is 38.4 Å². The molecule has 68 valence electrons. The second-order valence-corrected chi connectivity index (χ2v) is 3.84. The third-order valence-electron chi connectivity index (χ3n) is 2.11. The fraction of sp³-hybridized carbons (Fsp3) is 0.300. The molecule has 2 nitrogen and oxygen atoms in total. The third kappa shape index (κ3) is 2.17. The zero-order valence-electron chi connectivity index (χ0n) is 7.26. The zero-order chi connectivity index (χ0) is 9.10. The van der Waals surface area contributed by atoms with Gasteiger partial charge < -0.3 is 5.32 Å². The van der Waals surface area contributed by atoms with Gasteiger partial charge in [-0.05, 0) is 46.6 Å². The van der Waals surface area contributed by atoms with E-state index in [1.54, 1.807) is 0 Å². The molecule has 0 saturated heterocycles. The first-order chi connectivity index (χ1) is 6.36. The predicted octanol–water partition coefficient (Wildman–Crippen LogP) is 2.22. The van der Waals surface area contributed by atoms with Crippen LogP contribution in [0.4, 0.5) is 0 Å². The average molecular weight is 239 g/mol. The van der Waals surface area contributed by atoms with E-state index in [1.165, 1.54) is 5.57 Å². The number of nitrogens with one attached hydrogen (secondary N) is 1. The summed E-state index contributed by atoms with van der Waals surface area (Å²) in [4.78, 5) is 4.42. The lowest BCUT2D eigenvalue weighted by Crippen LogP contribution is -2.20. The van der Waals surface area contributed by atoms with E-state index in [1.807, 2.05) is 12.1 Å². The van der Waals surface area contributed by atoms with Crippen LogP contribution < -0.4 is 5.32 Å². The monoisotopic (exact) mass is 238 g/mol. The topological polar surface area (TPSA) is 24.9 Å². The Morgan fingerprint density at radius 2 is 2.31 bits per heavy atom. The Morgan fingerprint density at radius 3 is 3.00 bits per heavy atom. The van der Waals surface area contributed by atoms with Gasteiger partial charge in [0.05, 0.1) is 5.69 Å². The van der Waals surface area contributed by atoms with Gasteiger partial charge in [0.2, 0.25) is 0 Å². The minimum Gasteiger partial charge on any atom is -0.313 e. The highest BCUT2D eigenvalue weighted by Crippen LogP contribution is 2.19. The first kappa shape index (κ1) is 8.91. The van der Waals surface area contributed by atoms with E-state index < -0.39 is 0 Å². The molecule has 2 heterocycles. The van der Waals surface area contributed by atoms with Gasteiger partial charge in [0.15, 0.2) is 0 Å². The maximum Gasteiger partial charge on any atom is 0.106 e. The molecule has 1 aliphatic rings. The molecule has 0 aromatic carbocycles. The first-order valence-corrected chi connectivity index (χ1v) is 5.18. The van der Waals surface area contributed by atoms with Crippen molar-refractivity contribution >= 4 is 21.5 Å². The smallest absolute Gasteiger partial charge is 0.106 e. The van der Waals surface area contributed by atoms with Crippen LogP contribution in [0, 0.1) is 0 Å². The second-order valence-electron chi connectivity index (χ2n) is 3.03. The fourth-order valence-electron chi connectivity index (χ4n) is 1.44. The molecule has 0 radical (unpaired) electrons. The number of rotatable bonds is 1. The minimum absolute atomic E-state index is 0.907. The van der Waals surface area contributed by atoms with Gasteiger partial charge in [-0.25, -0.2) is 4.98 Å². The highest BCUT2D eigenvalue weighted by molar-refractivity contribution is 9.10. The Kier molecular flexibility index (Phi) is 2.76. The van der Waals surface area contributed by atoms with E-state index in [4.69, 9.17) is 0 Å². The number of pyridine rings is 1. The molecule has 1 aromatic heterocycles. The maximum absolute atomic E-state index is 4.42. The Bertz CT molecular complexity index is 333. The maximum atomic E-state index is 4.42. The van der Waals surface area contributed by atoms with Crippen LogP contribution in [0.3, 0.4) is 0 Å². The van der Waals surface area contributed by atoms with Gasteiger partial charge in [-0.15, -0.1) is 0 Å². The van der Waals surface area contributed by atoms with Crippen molar-refractivity contribution in [3.63, 3.8) is 0 Å². The summed E-state index contributed by atoms with van der Waals surface area (Å²) in [6, 6.07) is 6.03. The van der Waals surface area contributed by atoms with Crippen molar-refractivity contribution in [2.24, 2.45) is 0 Å². The summed E-state index contributed by atoms with van der Waals surface area (Å²) < 4.78 is 0.907. The third-order valence-corrected chi connectivity index (χ3v) is 2.55. The molecule has 0 amide bonds. The molecule has 13 heavy (non-hydrogen) atoms. The van der Waals surface area contributed by atoms with Crippen molar-refractivity contribution < 1.29 is 0 Å². The number of aromatic nitrogens is 1. The molecule has 1 aliphatic heterocycles. The lowest BCUT2D eigenvalue weighted by Gasteiger charge is -2.13. The number of nitrogens with zero attached hydrogens (tertiary/aromatic N) is 1. The predicted molar refractivity (Wildman–Crippen MR) is 57.4 cm³/mol. The summed E-state index contributed by atoms with van der Waals surface area (Å²) in [5.41, 5.74) is 2.44. The standard InChI is InChI=1S/C10H11BrN2/c11-10-3-1-2-9(13-10)8-4-6-12-7-5-8/h1-4,12H,5-7H2. The SMILES string of the molecule is Brc1cccc(C2=CCNCC2)n1. The molecule has 0 bridgehead atoms. The molecule has 0 spiro atoms. The van der Waals surface area contributed by atoms with Crippen LogP contribution in [0.5, 0.6) is 0 Å². The molecule has 0 fully saturated rings. The van der Waals surface area contributed by atoms with E-state index in [9.17, 15) is 0 Å². The Balaban J connectivity index is 2.29. The number of hydrogen-bond acceptors (Lipinski definition) is 2. The summed E-state index contributed by atoms with van der Waals surface area (Å²) >= 11 is 3.37. The van der Waals surface area contributed by atoms with Crippen molar-refractivity contribution in [1.82, 2.24) is 10.3 Å². The molecule has 1 N–H and O–H groups in total. The molecule has 3 heteroatoms. The summed E-state index contributed by atoms with van der Waals surface area (Å²) in [6.45, 7) is 2.02. The van der Waals surface area contributed by atoms with Gasteiger partial charge in [-0.1, -0.05) is 12.1 Å². The van der Waals surface area contributed by atoms with Crippen LogP contribution in [0.15, 0.2) is 28.9 Å². The Morgan fingerprint density at radius 1 is 1.38 bits per heavy atom. The quantitative estimate of drug-likeness (QED) is 0.760. The van der Waals surface area contributed by atoms with Gasteiger partial charge >= 0.3 is 0 Å². The van der Waals surface area contributed by atoms with Gasteiger partial charge in [0, 0.05) is 6.54 Å². The lowest BCUT2D eigenvalue weighted by molar-refractivity contribution is 0.736. The molecule has 0 aliphatic carbocycles. The van der Waals surface area contributed by atoms with Crippen molar-refractivity contribution in [2.45, 2.75) is 6.42 Å². The van der Waals surface area contributed by atoms with Crippen LogP contribution >= 0.6 is 15.9 Å². The van der Waals surface area contributed by atoms with Crippen molar-refractivity contribution in [1.29, 1.82) is 0 Å². The Labute approximate surface area is 86.2 Å². The lowest BCUT2D eigenvalue weighted by atomic mass is 10.1. The van der Waals surface area contributed by atoms with Gasteiger partial charge in [-0.2, -0.15) is 0 Å². The normalized spacial score (nSPS) is 16.8. The largest absolute Gasteiger partial charge is 0.313 e. The van der Waals surface area contributed by atoms with Gasteiger partial charge in [0.1, 0.15) is 4.60 Å². The van der Waals surface area contributed by atoms with E-state index in [0.717, 1.165) is 29.8 Å². The van der Waals surface area contributed by atoms with E-state index in [-0.39, 0.29) is 0 Å². The van der Waals surface area contributed by atoms with Crippen LogP contribution in [0.2, 0.25) is 0 Å². The molecule has 0 atom stereocenters. The summed E-state index contributed by atoms with van der Waals surface area (Å²) in [5, 5.41) is 3.28. The summed E-state index contributed by atoms with van der Waals surface area (Å²) in [6.07, 6.45) is 3.28. The number of halogens is 1. The van der Waals surface area contributed by atoms with Crippen LogP contribution in [-0.4, -0.2) is 18.1 Å². The van der Waals surface area contributed by atoms with Gasteiger partial charge in [0.25, 0.3) is 0 Å². The van der Waals surface area contributed by atoms with Gasteiger partial charge in [-0.3, -0.25) is 0 Å². The summed E-state index contributed by atoms with van der Waals surface area (Å²) in [7, 11) is 0. The van der Waals surface area contributed by atoms with Crippen LogP contribution in [0.1, 0.15) is 12.1 Å². The Hall–Kier alpha value is -0.670. The molecule has 2 rings (SSSR count). The fourth-order valence-corrected chi connectivity index (χ4v) is 1.79. The molecular formula is C10H11BrN2. The minimum atomic E-state index is 0.907. The average Bonchev–Trinajstić information content (AvgIpc) is 2.19. The molecular weight excluding hydrogens is 228 g/mol. The highest BCUT2D eigenvalue weighted by Gasteiger charge is 2.06. The van der Waals surface area contributed by atoms with Crippen LogP contribution in [0.25, 0.3) is 5.57 Å². The number of hydrogen-bond donors (Lipinski definition) is 1. The molecule has 1 aromatic rings. The second kappa shape index (κ2) is 4.03. The highest BCUT2D eigenvalue weighted by atomic mass is 79.9. The van der Waals surface area contributed by atoms with Crippen molar-refractivity contribution in [3.05, 3.63) is 34.6 Å². The molecule has 0 saturated carbocycles. The molecule has 0 unspecified atom stereocenters. The zero-order valence-corrected chi connectivity index (χ0v) is 8.84. The van der Waals surface area contributed by atoms with Crippen LogP contribution in [-0.2, 0) is 0 Å². The van der Waals surface area contributed by atoms with Crippen molar-refractivity contribution in [3.8, 4) is 0 Å². The summed E-state index contributed by atoms with van der Waals surface area (Å²) in [5.74, 6) is 0. The van der Waals surface area contributed by atoms with Crippen molar-refractivity contribution in [2.75, 3.05) is 13.1 Å². The van der Waals surface area contributed by atoms with E-state index >= 15 is 0 Å².